The number of furan rings is 1. The Morgan fingerprint density at radius 2 is 1.85 bits per heavy atom. The van der Waals surface area contributed by atoms with Gasteiger partial charge in [-0.2, -0.15) is 5.10 Å². The number of hydrogen-bond donors (Lipinski definition) is 2. The fraction of sp³-hybridized carbons (Fsp3) is 0.0417. The minimum Gasteiger partial charge on any atom is -0.482 e. The Balaban J connectivity index is 1.33. The Morgan fingerprint density at radius 1 is 1.06 bits per heavy atom. The van der Waals surface area contributed by atoms with Crippen LogP contribution in [0.15, 0.2) is 85.2 Å². The number of hydrogen-bond acceptors (Lipinski definition) is 5. The van der Waals surface area contributed by atoms with E-state index in [-0.39, 0.29) is 18.3 Å². The smallest absolute Gasteiger partial charge is 0.307 e. The van der Waals surface area contributed by atoms with Crippen molar-refractivity contribution < 1.29 is 18.7 Å². The monoisotopic (exact) mass is 603 g/mol. The predicted molar refractivity (Wildman–Crippen MR) is 139 cm³/mol. The maximum atomic E-state index is 12.4. The number of halogens is 3. The molecule has 10 heteroatoms. The van der Waals surface area contributed by atoms with Gasteiger partial charge >= 0.3 is 5.91 Å². The van der Waals surface area contributed by atoms with Crippen molar-refractivity contribution in [3.8, 4) is 5.75 Å². The zero-order chi connectivity index (χ0) is 24.1. The van der Waals surface area contributed by atoms with E-state index in [0.29, 0.717) is 27.6 Å². The topological polar surface area (TPSA) is 92.9 Å². The number of hydrazone groups is 1. The molecule has 0 unspecified atom stereocenters. The molecule has 3 aromatic carbocycles. The molecule has 2 amide bonds. The van der Waals surface area contributed by atoms with E-state index in [2.05, 4.69) is 47.7 Å². The van der Waals surface area contributed by atoms with Crippen LogP contribution in [-0.4, -0.2) is 24.6 Å². The van der Waals surface area contributed by atoms with E-state index >= 15 is 0 Å². The summed E-state index contributed by atoms with van der Waals surface area (Å²) in [5.41, 5.74) is 4.30. The minimum atomic E-state index is -0.494. The number of fused-ring (bicyclic) bond motifs is 1. The molecular formula is C24H16Br2ClN3O4. The van der Waals surface area contributed by atoms with Crippen molar-refractivity contribution in [1.29, 1.82) is 0 Å². The van der Waals surface area contributed by atoms with Crippen molar-refractivity contribution in [2.45, 2.75) is 0 Å². The molecular weight excluding hydrogens is 590 g/mol. The molecule has 172 valence electrons. The van der Waals surface area contributed by atoms with E-state index in [9.17, 15) is 9.59 Å². The zero-order valence-electron chi connectivity index (χ0n) is 17.3. The molecule has 0 aliphatic heterocycles. The van der Waals surface area contributed by atoms with Crippen LogP contribution in [0.1, 0.15) is 16.1 Å². The average molecular weight is 606 g/mol. The van der Waals surface area contributed by atoms with Gasteiger partial charge in [-0.15, -0.1) is 0 Å². The molecule has 0 bridgehead atoms. The molecule has 0 spiro atoms. The first-order chi connectivity index (χ1) is 16.4. The highest BCUT2D eigenvalue weighted by Gasteiger charge is 2.14. The first kappa shape index (κ1) is 24.0. The van der Waals surface area contributed by atoms with Gasteiger partial charge in [0.1, 0.15) is 11.3 Å². The molecule has 34 heavy (non-hydrogen) atoms. The zero-order valence-corrected chi connectivity index (χ0v) is 21.3. The fourth-order valence-corrected chi connectivity index (χ4v) is 4.57. The van der Waals surface area contributed by atoms with Crippen molar-refractivity contribution in [3.05, 3.63) is 92.0 Å². The first-order valence-corrected chi connectivity index (χ1v) is 11.8. The van der Waals surface area contributed by atoms with Gasteiger partial charge in [0.2, 0.25) is 0 Å². The van der Waals surface area contributed by atoms with Crippen molar-refractivity contribution in [2.24, 2.45) is 5.10 Å². The quantitative estimate of drug-likeness (QED) is 0.189. The third kappa shape index (κ3) is 6.05. The van der Waals surface area contributed by atoms with Gasteiger partial charge in [-0.3, -0.25) is 9.59 Å². The maximum Gasteiger partial charge on any atom is 0.307 e. The number of ether oxygens (including phenoxy) is 1. The summed E-state index contributed by atoms with van der Waals surface area (Å²) in [7, 11) is 0. The third-order valence-corrected chi connectivity index (χ3v) is 5.85. The Bertz CT molecular complexity index is 1390. The lowest BCUT2D eigenvalue weighted by molar-refractivity contribution is -0.118. The minimum absolute atomic E-state index is 0.126. The standard InChI is InChI=1S/C24H16Br2ClN3O4/c25-16-9-15-10-21(34-23(15)18(26)11-16)24(32)30-28-12-14-6-7-20(19(27)8-14)33-13-22(31)29-17-4-2-1-3-5-17/h1-12H,13H2,(H,29,31)(H,30,32)/b28-12-. The summed E-state index contributed by atoms with van der Waals surface area (Å²) in [5.74, 6) is -0.321. The van der Waals surface area contributed by atoms with Crippen LogP contribution in [0, 0.1) is 0 Å². The summed E-state index contributed by atoms with van der Waals surface area (Å²) in [6.07, 6.45) is 1.44. The summed E-state index contributed by atoms with van der Waals surface area (Å²) in [4.78, 5) is 24.4. The van der Waals surface area contributed by atoms with Crippen molar-refractivity contribution >= 4 is 78.1 Å². The molecule has 4 aromatic rings. The first-order valence-electron chi connectivity index (χ1n) is 9.88. The predicted octanol–water partition coefficient (Wildman–Crippen LogP) is 6.39. The summed E-state index contributed by atoms with van der Waals surface area (Å²) in [5, 5.41) is 7.75. The SMILES string of the molecule is O=C(COc1ccc(/C=N\NC(=O)c2cc3cc(Br)cc(Br)c3o2)cc1Cl)Nc1ccccc1. The highest BCUT2D eigenvalue weighted by atomic mass is 79.9. The summed E-state index contributed by atoms with van der Waals surface area (Å²) in [6.45, 7) is -0.192. The number of para-hydroxylation sites is 1. The largest absolute Gasteiger partial charge is 0.482 e. The van der Waals surface area contributed by atoms with E-state index < -0.39 is 5.91 Å². The van der Waals surface area contributed by atoms with Gasteiger partial charge in [0.05, 0.1) is 15.7 Å². The number of benzene rings is 3. The van der Waals surface area contributed by atoms with Crippen molar-refractivity contribution in [1.82, 2.24) is 5.43 Å². The lowest BCUT2D eigenvalue weighted by Crippen LogP contribution is -2.20. The number of nitrogens with zero attached hydrogens (tertiary/aromatic N) is 1. The van der Waals surface area contributed by atoms with Crippen molar-refractivity contribution in [2.75, 3.05) is 11.9 Å². The van der Waals surface area contributed by atoms with E-state index in [1.807, 2.05) is 30.3 Å². The molecule has 0 fully saturated rings. The Morgan fingerprint density at radius 3 is 2.62 bits per heavy atom. The lowest BCUT2D eigenvalue weighted by Gasteiger charge is -2.09. The lowest BCUT2D eigenvalue weighted by atomic mass is 10.2. The second kappa shape index (κ2) is 10.9. The molecule has 0 saturated heterocycles. The third-order valence-electron chi connectivity index (χ3n) is 4.51. The van der Waals surface area contributed by atoms with Crippen LogP contribution < -0.4 is 15.5 Å². The van der Waals surface area contributed by atoms with Crippen molar-refractivity contribution in [3.63, 3.8) is 0 Å². The highest BCUT2D eigenvalue weighted by molar-refractivity contribution is 9.11. The van der Waals surface area contributed by atoms with Gasteiger partial charge in [-0.05, 0) is 70.0 Å². The fourth-order valence-electron chi connectivity index (χ4n) is 2.98. The van der Waals surface area contributed by atoms with Crippen LogP contribution in [0.5, 0.6) is 5.75 Å². The molecule has 4 rings (SSSR count). The van der Waals surface area contributed by atoms with Crippen LogP contribution in [0.2, 0.25) is 5.02 Å². The van der Waals surface area contributed by atoms with E-state index in [4.69, 9.17) is 20.8 Å². The molecule has 1 aromatic heterocycles. The molecule has 1 heterocycles. The number of amides is 2. The molecule has 0 aliphatic carbocycles. The number of nitrogens with one attached hydrogen (secondary N) is 2. The van der Waals surface area contributed by atoms with Crippen LogP contribution in [0.3, 0.4) is 0 Å². The van der Waals surface area contributed by atoms with Crippen LogP contribution in [-0.2, 0) is 4.79 Å². The maximum absolute atomic E-state index is 12.4. The van der Waals surface area contributed by atoms with Gasteiger partial charge in [-0.25, -0.2) is 5.43 Å². The molecule has 2 N–H and O–H groups in total. The Kier molecular flexibility index (Phi) is 7.66. The van der Waals surface area contributed by atoms with E-state index in [1.54, 1.807) is 36.4 Å². The van der Waals surface area contributed by atoms with Gasteiger partial charge in [0, 0.05) is 15.5 Å². The van der Waals surface area contributed by atoms with Gasteiger partial charge in [0.25, 0.3) is 5.91 Å². The molecule has 0 aliphatic rings. The Hall–Kier alpha value is -3.14. The number of anilines is 1. The second-order valence-corrected chi connectivity index (χ2v) is 9.19. The summed E-state index contributed by atoms with van der Waals surface area (Å²) >= 11 is 13.1. The normalized spacial score (nSPS) is 11.0. The molecule has 0 saturated carbocycles. The molecule has 7 nitrogen and oxygen atoms in total. The van der Waals surface area contributed by atoms with Gasteiger partial charge in [0.15, 0.2) is 12.4 Å². The number of carbonyl (C=O) groups is 2. The van der Waals surface area contributed by atoms with Crippen LogP contribution in [0.25, 0.3) is 11.0 Å². The van der Waals surface area contributed by atoms with E-state index in [0.717, 1.165) is 14.3 Å². The Labute approximate surface area is 216 Å². The molecule has 0 radical (unpaired) electrons. The van der Waals surface area contributed by atoms with E-state index in [1.165, 1.54) is 6.21 Å². The summed E-state index contributed by atoms with van der Waals surface area (Å²) < 4.78 is 12.7. The molecule has 0 atom stereocenters. The second-order valence-electron chi connectivity index (χ2n) is 7.01. The average Bonchev–Trinajstić information content (AvgIpc) is 3.24. The van der Waals surface area contributed by atoms with Crippen LogP contribution >= 0.6 is 43.5 Å². The van der Waals surface area contributed by atoms with Crippen LogP contribution in [0.4, 0.5) is 5.69 Å². The van der Waals surface area contributed by atoms with Gasteiger partial charge in [-0.1, -0.05) is 45.7 Å². The summed E-state index contributed by atoms with van der Waals surface area (Å²) in [6, 6.07) is 19.3. The number of carbonyl (C=O) groups excluding carboxylic acids is 2. The van der Waals surface area contributed by atoms with Gasteiger partial charge < -0.3 is 14.5 Å². The number of rotatable bonds is 7. The highest BCUT2D eigenvalue weighted by Crippen LogP contribution is 2.31.